The molecule has 3 rings (SSSR count). The number of carbonyl (C=O) groups excluding carboxylic acids is 2. The molecule has 0 saturated carbocycles. The highest BCUT2D eigenvalue weighted by Crippen LogP contribution is 2.32. The molecule has 0 aliphatic carbocycles. The molecule has 0 spiro atoms. The highest BCUT2D eigenvalue weighted by molar-refractivity contribution is 6.52. The molecule has 0 radical (unpaired) electrons. The second kappa shape index (κ2) is 4.76. The van der Waals surface area contributed by atoms with Gasteiger partial charge in [-0.3, -0.25) is 14.5 Å². The largest absolute Gasteiger partial charge is 0.339 e. The first-order chi connectivity index (χ1) is 9.99. The van der Waals surface area contributed by atoms with Crippen molar-refractivity contribution in [2.24, 2.45) is 0 Å². The van der Waals surface area contributed by atoms with E-state index < -0.39 is 17.5 Å². The third-order valence-electron chi connectivity index (χ3n) is 3.22. The second-order valence-electron chi connectivity index (χ2n) is 5.06. The topological polar surface area (TPSA) is 76.3 Å². The van der Waals surface area contributed by atoms with Crippen LogP contribution < -0.4 is 4.90 Å². The molecule has 1 aliphatic heterocycles. The van der Waals surface area contributed by atoms with E-state index in [0.717, 1.165) is 4.90 Å². The lowest BCUT2D eigenvalue weighted by Gasteiger charge is -2.14. The molecular formula is C14H12FN3O3. The fraction of sp³-hybridized carbons (Fsp3) is 0.286. The molecular weight excluding hydrogens is 277 g/mol. The normalized spacial score (nSPS) is 14.2. The molecule has 1 amide bonds. The third-order valence-corrected chi connectivity index (χ3v) is 3.22. The summed E-state index contributed by atoms with van der Waals surface area (Å²) in [5.41, 5.74) is 0.0379. The van der Waals surface area contributed by atoms with Crippen molar-refractivity contribution in [1.82, 2.24) is 10.1 Å². The van der Waals surface area contributed by atoms with Crippen LogP contribution in [0.1, 0.15) is 41.8 Å². The lowest BCUT2D eigenvalue weighted by Crippen LogP contribution is -2.30. The number of benzene rings is 1. The van der Waals surface area contributed by atoms with Crippen molar-refractivity contribution >= 4 is 17.4 Å². The van der Waals surface area contributed by atoms with Gasteiger partial charge in [0.2, 0.25) is 5.89 Å². The van der Waals surface area contributed by atoms with Crippen LogP contribution >= 0.6 is 0 Å². The summed E-state index contributed by atoms with van der Waals surface area (Å²) in [6.07, 6.45) is 0. The summed E-state index contributed by atoms with van der Waals surface area (Å²) < 4.78 is 19.0. The second-order valence-corrected chi connectivity index (χ2v) is 5.06. The number of rotatable bonds is 3. The Hall–Kier alpha value is -2.57. The van der Waals surface area contributed by atoms with Crippen LogP contribution in [0.5, 0.6) is 0 Å². The van der Waals surface area contributed by atoms with Gasteiger partial charge in [-0.1, -0.05) is 25.1 Å². The first-order valence-electron chi connectivity index (χ1n) is 6.46. The fourth-order valence-electron chi connectivity index (χ4n) is 2.17. The highest BCUT2D eigenvalue weighted by Gasteiger charge is 2.38. The van der Waals surface area contributed by atoms with Gasteiger partial charge in [-0.2, -0.15) is 4.98 Å². The van der Waals surface area contributed by atoms with Crippen molar-refractivity contribution in [3.63, 3.8) is 0 Å². The van der Waals surface area contributed by atoms with Gasteiger partial charge in [0.1, 0.15) is 5.82 Å². The van der Waals surface area contributed by atoms with Crippen LogP contribution in [0.4, 0.5) is 10.1 Å². The van der Waals surface area contributed by atoms with E-state index in [4.69, 9.17) is 4.52 Å². The summed E-state index contributed by atoms with van der Waals surface area (Å²) in [4.78, 5) is 29.0. The molecule has 1 aliphatic rings. The maximum absolute atomic E-state index is 13.9. The lowest BCUT2D eigenvalue weighted by molar-refractivity contribution is -0.114. The predicted octanol–water partition coefficient (Wildman–Crippen LogP) is 2.06. The van der Waals surface area contributed by atoms with Crippen LogP contribution in [0, 0.1) is 5.82 Å². The number of Topliss-reactive ketones (excluding diaryl/α,β-unsaturated/α-hetero) is 1. The van der Waals surface area contributed by atoms with Crippen molar-refractivity contribution < 1.29 is 18.5 Å². The summed E-state index contributed by atoms with van der Waals surface area (Å²) in [5, 5.41) is 3.75. The molecule has 0 unspecified atom stereocenters. The van der Waals surface area contributed by atoms with E-state index in [9.17, 15) is 14.0 Å². The Balaban J connectivity index is 1.96. The number of nitrogens with zero attached hydrogens (tertiary/aromatic N) is 3. The standard InChI is InChI=1S/C14H12FN3O3/c1-7(2)13-16-10(17-21-13)6-18-11-8(12(19)14(18)20)4-3-5-9(11)15/h3-5,7H,6H2,1-2H3. The maximum atomic E-state index is 13.9. The summed E-state index contributed by atoms with van der Waals surface area (Å²) in [6, 6.07) is 4.02. The van der Waals surface area contributed by atoms with Crippen LogP contribution in [0.3, 0.4) is 0 Å². The minimum atomic E-state index is -0.786. The molecule has 0 N–H and O–H groups in total. The van der Waals surface area contributed by atoms with Crippen LogP contribution in [-0.2, 0) is 11.3 Å². The first kappa shape index (κ1) is 13.4. The van der Waals surface area contributed by atoms with Gasteiger partial charge in [0.25, 0.3) is 11.7 Å². The molecule has 7 heteroatoms. The zero-order valence-corrected chi connectivity index (χ0v) is 11.5. The molecule has 6 nitrogen and oxygen atoms in total. The zero-order valence-electron chi connectivity index (χ0n) is 11.5. The van der Waals surface area contributed by atoms with Crippen LogP contribution in [0.15, 0.2) is 22.7 Å². The monoisotopic (exact) mass is 289 g/mol. The Morgan fingerprint density at radius 1 is 1.33 bits per heavy atom. The molecule has 0 atom stereocenters. The number of carbonyl (C=O) groups is 2. The molecule has 108 valence electrons. The molecule has 0 fully saturated rings. The van der Waals surface area contributed by atoms with Crippen molar-refractivity contribution in [3.8, 4) is 0 Å². The summed E-state index contributed by atoms with van der Waals surface area (Å²) in [7, 11) is 0. The van der Waals surface area contributed by atoms with Crippen molar-refractivity contribution in [1.29, 1.82) is 0 Å². The van der Waals surface area contributed by atoms with Crippen LogP contribution in [0.2, 0.25) is 0 Å². The van der Waals surface area contributed by atoms with Gasteiger partial charge in [-0.25, -0.2) is 4.39 Å². The van der Waals surface area contributed by atoms with Gasteiger partial charge in [0.15, 0.2) is 5.82 Å². The number of halogens is 1. The average molecular weight is 289 g/mol. The van der Waals surface area contributed by atoms with Gasteiger partial charge in [-0.15, -0.1) is 0 Å². The van der Waals surface area contributed by atoms with Gasteiger partial charge >= 0.3 is 0 Å². The molecule has 2 heterocycles. The van der Waals surface area contributed by atoms with Crippen LogP contribution in [-0.4, -0.2) is 21.8 Å². The number of ketones is 1. The average Bonchev–Trinajstić information content (AvgIpc) is 3.00. The summed E-state index contributed by atoms with van der Waals surface area (Å²) in [6.45, 7) is 3.67. The van der Waals surface area contributed by atoms with E-state index in [1.54, 1.807) is 0 Å². The number of amides is 1. The van der Waals surface area contributed by atoms with Gasteiger partial charge in [0.05, 0.1) is 17.8 Å². The number of fused-ring (bicyclic) bond motifs is 1. The van der Waals surface area contributed by atoms with E-state index in [2.05, 4.69) is 10.1 Å². The van der Waals surface area contributed by atoms with E-state index in [-0.39, 0.29) is 29.5 Å². The number of hydrogen-bond donors (Lipinski definition) is 0. The van der Waals surface area contributed by atoms with E-state index >= 15 is 0 Å². The van der Waals surface area contributed by atoms with Crippen LogP contribution in [0.25, 0.3) is 0 Å². The van der Waals surface area contributed by atoms with Gasteiger partial charge in [-0.05, 0) is 12.1 Å². The molecule has 1 aromatic carbocycles. The van der Waals surface area contributed by atoms with E-state index in [1.807, 2.05) is 13.8 Å². The van der Waals surface area contributed by atoms with E-state index in [0.29, 0.717) is 5.89 Å². The zero-order chi connectivity index (χ0) is 15.1. The molecule has 2 aromatic rings. The lowest BCUT2D eigenvalue weighted by atomic mass is 10.1. The van der Waals surface area contributed by atoms with Gasteiger partial charge in [0, 0.05) is 5.92 Å². The summed E-state index contributed by atoms with van der Waals surface area (Å²) in [5.74, 6) is -1.43. The number of aromatic nitrogens is 2. The molecule has 1 aromatic heterocycles. The fourth-order valence-corrected chi connectivity index (χ4v) is 2.17. The molecule has 0 saturated heterocycles. The molecule has 21 heavy (non-hydrogen) atoms. The Kier molecular flexibility index (Phi) is 3.04. The van der Waals surface area contributed by atoms with Crippen molar-refractivity contribution in [2.75, 3.05) is 4.90 Å². The Morgan fingerprint density at radius 2 is 2.10 bits per heavy atom. The third kappa shape index (κ3) is 2.10. The number of hydrogen-bond acceptors (Lipinski definition) is 5. The minimum Gasteiger partial charge on any atom is -0.339 e. The van der Waals surface area contributed by atoms with E-state index in [1.165, 1.54) is 18.2 Å². The van der Waals surface area contributed by atoms with Gasteiger partial charge < -0.3 is 4.52 Å². The number of anilines is 1. The number of para-hydroxylation sites is 1. The van der Waals surface area contributed by atoms with Crippen molar-refractivity contribution in [3.05, 3.63) is 41.3 Å². The molecule has 0 bridgehead atoms. The van der Waals surface area contributed by atoms with Crippen molar-refractivity contribution in [2.45, 2.75) is 26.3 Å². The SMILES string of the molecule is CC(C)c1nc(CN2C(=O)C(=O)c3cccc(F)c32)no1. The summed E-state index contributed by atoms with van der Waals surface area (Å²) >= 11 is 0. The minimum absolute atomic E-state index is 0.0246. The first-order valence-corrected chi connectivity index (χ1v) is 6.46. The maximum Gasteiger partial charge on any atom is 0.299 e. The predicted molar refractivity (Wildman–Crippen MR) is 70.3 cm³/mol. The smallest absolute Gasteiger partial charge is 0.299 e. The Morgan fingerprint density at radius 3 is 2.76 bits per heavy atom. The highest BCUT2D eigenvalue weighted by atomic mass is 19.1. The Bertz CT molecular complexity index is 739. The Labute approximate surface area is 119 Å². The quantitative estimate of drug-likeness (QED) is 0.808.